The van der Waals surface area contributed by atoms with Crippen molar-refractivity contribution in [1.29, 1.82) is 0 Å². The van der Waals surface area contributed by atoms with Crippen molar-refractivity contribution in [3.63, 3.8) is 0 Å². The normalized spacial score (nSPS) is 18.6. The van der Waals surface area contributed by atoms with Gasteiger partial charge in [0.1, 0.15) is 4.90 Å². The summed E-state index contributed by atoms with van der Waals surface area (Å²) < 4.78 is 23.7. The number of likely N-dealkylation sites (tertiary alicyclic amines) is 1. The maximum atomic E-state index is 12.6. The van der Waals surface area contributed by atoms with Gasteiger partial charge in [-0.1, -0.05) is 0 Å². The maximum absolute atomic E-state index is 12.6. The first kappa shape index (κ1) is 14.7. The van der Waals surface area contributed by atoms with E-state index in [2.05, 4.69) is 15.2 Å². The summed E-state index contributed by atoms with van der Waals surface area (Å²) in [6.07, 6.45) is 7.09. The zero-order chi connectivity index (χ0) is 15.7. The second-order valence-electron chi connectivity index (χ2n) is 5.32. The lowest BCUT2D eigenvalue weighted by Gasteiger charge is -2.24. The standard InChI is InChI=1S/C14H16N4O3S/c1-22(20,21)12-9-16-17-13(12)11-5-3-7-18(11)14(19)10-4-2-6-15-8-10/h2,4,6,8-9,11H,3,5,7H2,1H3,(H,16,17). The molecule has 22 heavy (non-hydrogen) atoms. The molecule has 1 saturated heterocycles. The van der Waals surface area contributed by atoms with Crippen molar-refractivity contribution in [2.75, 3.05) is 12.8 Å². The number of rotatable bonds is 3. The first-order valence-corrected chi connectivity index (χ1v) is 8.82. The predicted molar refractivity (Wildman–Crippen MR) is 78.9 cm³/mol. The molecule has 1 aliphatic rings. The number of nitrogens with zero attached hydrogens (tertiary/aromatic N) is 3. The lowest BCUT2D eigenvalue weighted by atomic mass is 10.1. The van der Waals surface area contributed by atoms with E-state index in [1.54, 1.807) is 23.2 Å². The highest BCUT2D eigenvalue weighted by atomic mass is 32.2. The van der Waals surface area contributed by atoms with Crippen molar-refractivity contribution in [3.8, 4) is 0 Å². The summed E-state index contributed by atoms with van der Waals surface area (Å²) in [5, 5.41) is 6.60. The van der Waals surface area contributed by atoms with Gasteiger partial charge in [0.25, 0.3) is 5.91 Å². The largest absolute Gasteiger partial charge is 0.330 e. The summed E-state index contributed by atoms with van der Waals surface area (Å²) in [5.74, 6) is -0.148. The molecule has 0 aliphatic carbocycles. The van der Waals surface area contributed by atoms with E-state index in [1.807, 2.05) is 0 Å². The molecule has 3 rings (SSSR count). The summed E-state index contributed by atoms with van der Waals surface area (Å²) in [6, 6.07) is 3.10. The highest BCUT2D eigenvalue weighted by Gasteiger charge is 2.34. The number of H-pyrrole nitrogens is 1. The Morgan fingerprint density at radius 2 is 2.23 bits per heavy atom. The third kappa shape index (κ3) is 2.61. The van der Waals surface area contributed by atoms with Crippen LogP contribution in [-0.2, 0) is 9.84 Å². The Balaban J connectivity index is 1.95. The number of pyridine rings is 1. The first-order chi connectivity index (χ1) is 10.5. The number of sulfone groups is 1. The molecule has 0 aromatic carbocycles. The van der Waals surface area contributed by atoms with Gasteiger partial charge < -0.3 is 4.90 Å². The molecular weight excluding hydrogens is 304 g/mol. The lowest BCUT2D eigenvalue weighted by Crippen LogP contribution is -2.31. The topological polar surface area (TPSA) is 96.0 Å². The molecule has 3 heterocycles. The predicted octanol–water partition coefficient (Wildman–Crippen LogP) is 1.19. The van der Waals surface area contributed by atoms with Crippen molar-refractivity contribution in [2.24, 2.45) is 0 Å². The number of aromatic amines is 1. The summed E-state index contributed by atoms with van der Waals surface area (Å²) in [6.45, 7) is 0.584. The minimum Gasteiger partial charge on any atom is -0.330 e. The van der Waals surface area contributed by atoms with Crippen LogP contribution in [0.4, 0.5) is 0 Å². The van der Waals surface area contributed by atoms with E-state index >= 15 is 0 Å². The van der Waals surface area contributed by atoms with Crippen LogP contribution < -0.4 is 0 Å². The Morgan fingerprint density at radius 3 is 2.91 bits per heavy atom. The van der Waals surface area contributed by atoms with Gasteiger partial charge in [-0.25, -0.2) is 8.42 Å². The van der Waals surface area contributed by atoms with Gasteiger partial charge in [-0.05, 0) is 25.0 Å². The SMILES string of the molecule is CS(=O)(=O)c1cn[nH]c1C1CCCN1C(=O)c1cccnc1. The van der Waals surface area contributed by atoms with E-state index < -0.39 is 9.84 Å². The Hall–Kier alpha value is -2.22. The lowest BCUT2D eigenvalue weighted by molar-refractivity contribution is 0.0730. The smallest absolute Gasteiger partial charge is 0.255 e. The average Bonchev–Trinajstić information content (AvgIpc) is 3.15. The molecule has 1 aliphatic heterocycles. The molecule has 0 radical (unpaired) electrons. The summed E-state index contributed by atoms with van der Waals surface area (Å²) in [7, 11) is -3.39. The third-order valence-corrected chi connectivity index (χ3v) is 4.91. The highest BCUT2D eigenvalue weighted by molar-refractivity contribution is 7.90. The van der Waals surface area contributed by atoms with Crippen molar-refractivity contribution < 1.29 is 13.2 Å². The quantitative estimate of drug-likeness (QED) is 0.916. The number of amides is 1. The first-order valence-electron chi connectivity index (χ1n) is 6.93. The summed E-state index contributed by atoms with van der Waals surface area (Å²) >= 11 is 0. The highest BCUT2D eigenvalue weighted by Crippen LogP contribution is 2.34. The molecule has 0 bridgehead atoms. The molecule has 8 heteroatoms. The molecule has 2 aromatic heterocycles. The van der Waals surface area contributed by atoms with Crippen molar-refractivity contribution >= 4 is 15.7 Å². The van der Waals surface area contributed by atoms with Crippen LogP contribution in [0.25, 0.3) is 0 Å². The van der Waals surface area contributed by atoms with Crippen LogP contribution in [0, 0.1) is 0 Å². The molecule has 116 valence electrons. The van der Waals surface area contributed by atoms with Gasteiger partial charge in [0, 0.05) is 25.2 Å². The van der Waals surface area contributed by atoms with Crippen LogP contribution in [-0.4, -0.2) is 47.2 Å². The van der Waals surface area contributed by atoms with E-state index in [9.17, 15) is 13.2 Å². The molecular formula is C14H16N4O3S. The Kier molecular flexibility index (Phi) is 3.69. The molecule has 1 unspecified atom stereocenters. The minimum atomic E-state index is -3.39. The van der Waals surface area contributed by atoms with E-state index in [0.29, 0.717) is 24.2 Å². The minimum absolute atomic E-state index is 0.148. The summed E-state index contributed by atoms with van der Waals surface area (Å²) in [4.78, 5) is 18.4. The number of carbonyl (C=O) groups is 1. The van der Waals surface area contributed by atoms with Crippen LogP contribution >= 0.6 is 0 Å². The second-order valence-corrected chi connectivity index (χ2v) is 7.30. The van der Waals surface area contributed by atoms with Gasteiger partial charge in [-0.2, -0.15) is 5.10 Å². The van der Waals surface area contributed by atoms with E-state index in [-0.39, 0.29) is 16.8 Å². The van der Waals surface area contributed by atoms with Gasteiger partial charge in [-0.3, -0.25) is 14.9 Å². The number of carbonyl (C=O) groups excluding carboxylic acids is 1. The van der Waals surface area contributed by atoms with Crippen LogP contribution in [0.15, 0.2) is 35.6 Å². The van der Waals surface area contributed by atoms with Gasteiger partial charge >= 0.3 is 0 Å². The van der Waals surface area contributed by atoms with E-state index in [0.717, 1.165) is 12.7 Å². The van der Waals surface area contributed by atoms with Gasteiger partial charge in [-0.15, -0.1) is 0 Å². The second kappa shape index (κ2) is 5.53. The van der Waals surface area contributed by atoms with Crippen molar-refractivity contribution in [2.45, 2.75) is 23.8 Å². The number of hydrogen-bond acceptors (Lipinski definition) is 5. The number of hydrogen-bond donors (Lipinski definition) is 1. The Morgan fingerprint density at radius 1 is 1.41 bits per heavy atom. The van der Waals surface area contributed by atoms with Crippen molar-refractivity contribution in [3.05, 3.63) is 42.0 Å². The van der Waals surface area contributed by atoms with Crippen LogP contribution in [0.2, 0.25) is 0 Å². The number of aromatic nitrogens is 3. The number of nitrogens with one attached hydrogen (secondary N) is 1. The fraction of sp³-hybridized carbons (Fsp3) is 0.357. The van der Waals surface area contributed by atoms with Crippen LogP contribution in [0.3, 0.4) is 0 Å². The molecule has 1 N–H and O–H groups in total. The molecule has 7 nitrogen and oxygen atoms in total. The van der Waals surface area contributed by atoms with Crippen LogP contribution in [0.5, 0.6) is 0 Å². The van der Waals surface area contributed by atoms with E-state index in [4.69, 9.17) is 0 Å². The van der Waals surface area contributed by atoms with Gasteiger partial charge in [0.2, 0.25) is 0 Å². The van der Waals surface area contributed by atoms with E-state index in [1.165, 1.54) is 12.4 Å². The molecule has 1 atom stereocenters. The molecule has 1 fully saturated rings. The molecule has 0 saturated carbocycles. The molecule has 2 aromatic rings. The van der Waals surface area contributed by atoms with Gasteiger partial charge in [0.05, 0.1) is 23.5 Å². The van der Waals surface area contributed by atoms with Crippen molar-refractivity contribution in [1.82, 2.24) is 20.1 Å². The fourth-order valence-electron chi connectivity index (χ4n) is 2.78. The third-order valence-electron chi connectivity index (χ3n) is 3.79. The Labute approximate surface area is 128 Å². The summed E-state index contributed by atoms with van der Waals surface area (Å²) in [5.41, 5.74) is 0.979. The molecule has 0 spiro atoms. The Bertz CT molecular complexity index is 785. The average molecular weight is 320 g/mol. The zero-order valence-corrected chi connectivity index (χ0v) is 12.9. The monoisotopic (exact) mass is 320 g/mol. The molecule has 1 amide bonds. The zero-order valence-electron chi connectivity index (χ0n) is 12.1. The maximum Gasteiger partial charge on any atom is 0.255 e. The van der Waals surface area contributed by atoms with Gasteiger partial charge in [0.15, 0.2) is 9.84 Å². The van der Waals surface area contributed by atoms with Crippen LogP contribution in [0.1, 0.15) is 34.9 Å². The fourth-order valence-corrected chi connectivity index (χ4v) is 3.61.